The fourth-order valence-corrected chi connectivity index (χ4v) is 1.18. The molecular formula is C11H21NO4. The minimum absolute atomic E-state index is 0.0137. The van der Waals surface area contributed by atoms with Crippen LogP contribution in [-0.2, 0) is 19.1 Å². The zero-order valence-electron chi connectivity index (χ0n) is 10.6. The first-order valence-electron chi connectivity index (χ1n) is 5.40. The lowest BCUT2D eigenvalue weighted by molar-refractivity contribution is -0.154. The third-order valence-electron chi connectivity index (χ3n) is 1.77. The monoisotopic (exact) mass is 231 g/mol. The van der Waals surface area contributed by atoms with Crippen LogP contribution in [0.1, 0.15) is 34.1 Å². The van der Waals surface area contributed by atoms with Gasteiger partial charge in [-0.15, -0.1) is 0 Å². The Hall–Kier alpha value is -1.10. The standard InChI is InChI=1S/C11H21NO4/c1-7(2)12-9(6-10(13)15-5)11(14)16-8(3)4/h7-9,12H,6H2,1-5H3. The number of esters is 2. The van der Waals surface area contributed by atoms with Gasteiger partial charge in [0.25, 0.3) is 0 Å². The minimum Gasteiger partial charge on any atom is -0.469 e. The second-order valence-electron chi connectivity index (χ2n) is 4.14. The Labute approximate surface area is 96.5 Å². The van der Waals surface area contributed by atoms with Crippen LogP contribution in [0.5, 0.6) is 0 Å². The van der Waals surface area contributed by atoms with Crippen molar-refractivity contribution in [3.63, 3.8) is 0 Å². The van der Waals surface area contributed by atoms with Gasteiger partial charge in [-0.1, -0.05) is 13.8 Å². The number of methoxy groups -OCH3 is 1. The molecule has 0 aliphatic heterocycles. The fourth-order valence-electron chi connectivity index (χ4n) is 1.18. The van der Waals surface area contributed by atoms with Crippen molar-refractivity contribution in [3.8, 4) is 0 Å². The van der Waals surface area contributed by atoms with Crippen molar-refractivity contribution in [2.75, 3.05) is 7.11 Å². The van der Waals surface area contributed by atoms with Crippen LogP contribution >= 0.6 is 0 Å². The van der Waals surface area contributed by atoms with Crippen LogP contribution in [0.2, 0.25) is 0 Å². The Balaban J connectivity index is 4.40. The van der Waals surface area contributed by atoms with Gasteiger partial charge in [0.1, 0.15) is 6.04 Å². The van der Waals surface area contributed by atoms with Gasteiger partial charge in [0, 0.05) is 6.04 Å². The van der Waals surface area contributed by atoms with E-state index in [1.54, 1.807) is 13.8 Å². The summed E-state index contributed by atoms with van der Waals surface area (Å²) in [6, 6.07) is -0.552. The van der Waals surface area contributed by atoms with E-state index in [1.165, 1.54) is 7.11 Å². The van der Waals surface area contributed by atoms with Gasteiger partial charge in [-0.25, -0.2) is 0 Å². The summed E-state index contributed by atoms with van der Waals surface area (Å²) in [5.74, 6) is -0.854. The smallest absolute Gasteiger partial charge is 0.324 e. The molecule has 0 aromatic carbocycles. The molecule has 0 rings (SSSR count). The first kappa shape index (κ1) is 14.9. The highest BCUT2D eigenvalue weighted by Crippen LogP contribution is 2.02. The third-order valence-corrected chi connectivity index (χ3v) is 1.77. The molecular weight excluding hydrogens is 210 g/mol. The zero-order chi connectivity index (χ0) is 12.7. The molecule has 94 valence electrons. The SMILES string of the molecule is COC(=O)CC(NC(C)C)C(=O)OC(C)C. The van der Waals surface area contributed by atoms with Crippen molar-refractivity contribution in [1.82, 2.24) is 5.32 Å². The van der Waals surface area contributed by atoms with Crippen LogP contribution in [0.25, 0.3) is 0 Å². The number of rotatable bonds is 6. The van der Waals surface area contributed by atoms with Crippen molar-refractivity contribution < 1.29 is 19.1 Å². The van der Waals surface area contributed by atoms with Crippen molar-refractivity contribution in [2.24, 2.45) is 0 Å². The lowest BCUT2D eigenvalue weighted by atomic mass is 10.2. The van der Waals surface area contributed by atoms with Crippen LogP contribution in [0, 0.1) is 0 Å². The summed E-state index contributed by atoms with van der Waals surface area (Å²) in [6.07, 6.45) is -0.207. The molecule has 0 aliphatic rings. The number of nitrogens with one attached hydrogen (secondary N) is 1. The molecule has 0 fully saturated rings. The molecule has 1 atom stereocenters. The maximum Gasteiger partial charge on any atom is 0.324 e. The molecule has 0 bridgehead atoms. The van der Waals surface area contributed by atoms with E-state index in [1.807, 2.05) is 13.8 Å². The average molecular weight is 231 g/mol. The van der Waals surface area contributed by atoms with Crippen LogP contribution < -0.4 is 5.32 Å². The summed E-state index contributed by atoms with van der Waals surface area (Å²) in [7, 11) is 1.29. The van der Waals surface area contributed by atoms with Gasteiger partial charge < -0.3 is 14.8 Å². The van der Waals surface area contributed by atoms with Gasteiger partial charge in [-0.05, 0) is 13.8 Å². The van der Waals surface area contributed by atoms with E-state index in [2.05, 4.69) is 10.1 Å². The number of carbonyl (C=O) groups excluding carboxylic acids is 2. The van der Waals surface area contributed by atoms with Gasteiger partial charge in [-0.3, -0.25) is 9.59 Å². The summed E-state index contributed by atoms with van der Waals surface area (Å²) in [6.45, 7) is 7.32. The van der Waals surface area contributed by atoms with Gasteiger partial charge in [0.15, 0.2) is 0 Å². The molecule has 0 saturated heterocycles. The van der Waals surface area contributed by atoms with E-state index in [0.29, 0.717) is 0 Å². The summed E-state index contributed by atoms with van der Waals surface area (Å²) in [5.41, 5.74) is 0. The topological polar surface area (TPSA) is 64.6 Å². The highest BCUT2D eigenvalue weighted by atomic mass is 16.5. The molecule has 0 aliphatic carbocycles. The number of carbonyl (C=O) groups is 2. The molecule has 0 aromatic heterocycles. The normalized spacial score (nSPS) is 12.7. The van der Waals surface area contributed by atoms with Gasteiger partial charge in [0.05, 0.1) is 19.6 Å². The van der Waals surface area contributed by atoms with Crippen molar-refractivity contribution in [1.29, 1.82) is 0 Å². The molecule has 0 spiro atoms. The second-order valence-corrected chi connectivity index (χ2v) is 4.14. The van der Waals surface area contributed by atoms with E-state index < -0.39 is 18.0 Å². The highest BCUT2D eigenvalue weighted by Gasteiger charge is 2.24. The zero-order valence-corrected chi connectivity index (χ0v) is 10.6. The summed E-state index contributed by atoms with van der Waals surface area (Å²) in [4.78, 5) is 22.8. The number of ether oxygens (including phenoxy) is 2. The Morgan fingerprint density at radius 2 is 1.75 bits per heavy atom. The first-order chi connectivity index (χ1) is 7.36. The van der Waals surface area contributed by atoms with E-state index in [0.717, 1.165) is 0 Å². The molecule has 5 heteroatoms. The van der Waals surface area contributed by atoms with E-state index in [-0.39, 0.29) is 18.6 Å². The average Bonchev–Trinajstić information content (AvgIpc) is 2.14. The van der Waals surface area contributed by atoms with Crippen LogP contribution in [0.3, 0.4) is 0 Å². The first-order valence-corrected chi connectivity index (χ1v) is 5.40. The minimum atomic E-state index is -0.644. The van der Waals surface area contributed by atoms with Crippen LogP contribution in [0.4, 0.5) is 0 Å². The molecule has 16 heavy (non-hydrogen) atoms. The molecule has 0 amide bonds. The molecule has 0 radical (unpaired) electrons. The van der Waals surface area contributed by atoms with Gasteiger partial charge in [-0.2, -0.15) is 0 Å². The third kappa shape index (κ3) is 6.40. The van der Waals surface area contributed by atoms with Crippen molar-refractivity contribution >= 4 is 11.9 Å². The molecule has 0 aromatic rings. The predicted molar refractivity (Wildman–Crippen MR) is 59.9 cm³/mol. The van der Waals surface area contributed by atoms with Gasteiger partial charge in [0.2, 0.25) is 0 Å². The van der Waals surface area contributed by atoms with E-state index in [4.69, 9.17) is 4.74 Å². The molecule has 0 saturated carbocycles. The summed E-state index contributed by atoms with van der Waals surface area (Å²) < 4.78 is 9.58. The lowest BCUT2D eigenvalue weighted by Gasteiger charge is -2.20. The lowest BCUT2D eigenvalue weighted by Crippen LogP contribution is -2.44. The van der Waals surface area contributed by atoms with Gasteiger partial charge >= 0.3 is 11.9 Å². The quantitative estimate of drug-likeness (QED) is 0.687. The Morgan fingerprint density at radius 3 is 2.12 bits per heavy atom. The number of hydrogen-bond acceptors (Lipinski definition) is 5. The predicted octanol–water partition coefficient (Wildman–Crippen LogP) is 0.868. The second kappa shape index (κ2) is 7.22. The summed E-state index contributed by atoms with van der Waals surface area (Å²) in [5, 5.41) is 2.97. The van der Waals surface area contributed by atoms with Crippen LogP contribution in [-0.4, -0.2) is 37.2 Å². The maximum absolute atomic E-state index is 11.6. The van der Waals surface area contributed by atoms with Crippen molar-refractivity contribution in [2.45, 2.75) is 52.3 Å². The summed E-state index contributed by atoms with van der Waals surface area (Å²) >= 11 is 0. The fraction of sp³-hybridized carbons (Fsp3) is 0.818. The van der Waals surface area contributed by atoms with E-state index in [9.17, 15) is 9.59 Å². The van der Waals surface area contributed by atoms with Crippen LogP contribution in [0.15, 0.2) is 0 Å². The number of hydrogen-bond donors (Lipinski definition) is 1. The Kier molecular flexibility index (Phi) is 6.72. The molecule has 1 N–H and O–H groups in total. The highest BCUT2D eigenvalue weighted by molar-refractivity contribution is 5.82. The molecule has 1 unspecified atom stereocenters. The largest absolute Gasteiger partial charge is 0.469 e. The molecule has 5 nitrogen and oxygen atoms in total. The molecule has 0 heterocycles. The maximum atomic E-state index is 11.6. The van der Waals surface area contributed by atoms with E-state index >= 15 is 0 Å². The van der Waals surface area contributed by atoms with Crippen molar-refractivity contribution in [3.05, 3.63) is 0 Å². The Bertz CT molecular complexity index is 238. The Morgan fingerprint density at radius 1 is 1.19 bits per heavy atom.